The Morgan fingerprint density at radius 2 is 1.77 bits per heavy atom. The predicted molar refractivity (Wildman–Crippen MR) is 174 cm³/mol. The Bertz CT molecular complexity index is 1650. The molecule has 2 aliphatic carbocycles. The van der Waals surface area contributed by atoms with Gasteiger partial charge in [-0.3, -0.25) is 14.3 Å². The number of carbonyl (C=O) groups excluding carboxylic acids is 2. The number of hydrogen-bond acceptors (Lipinski definition) is 5. The maximum absolute atomic E-state index is 14.5. The summed E-state index contributed by atoms with van der Waals surface area (Å²) in [6.07, 6.45) is 6.78. The molecule has 7 rings (SSSR count). The summed E-state index contributed by atoms with van der Waals surface area (Å²) in [5.41, 5.74) is 5.89. The van der Waals surface area contributed by atoms with E-state index < -0.39 is 16.4 Å². The number of hydrogen-bond donors (Lipinski definition) is 1. The molecule has 44 heavy (non-hydrogen) atoms. The Hall–Kier alpha value is -3.17. The number of nitrogens with zero attached hydrogens (tertiary/aromatic N) is 3. The van der Waals surface area contributed by atoms with E-state index in [1.807, 2.05) is 32.0 Å². The smallest absolute Gasteiger partial charge is 0.263 e. The van der Waals surface area contributed by atoms with Crippen molar-refractivity contribution in [3.05, 3.63) is 53.1 Å². The molecule has 3 atom stereocenters. The van der Waals surface area contributed by atoms with E-state index in [1.165, 1.54) is 41.6 Å². The molecule has 0 radical (unpaired) electrons. The molecule has 9 heteroatoms. The molecule has 1 aromatic heterocycles. The summed E-state index contributed by atoms with van der Waals surface area (Å²) in [5.74, 6) is 1.27. The molecule has 2 aromatic carbocycles. The van der Waals surface area contributed by atoms with Crippen LogP contribution in [0.15, 0.2) is 36.4 Å². The van der Waals surface area contributed by atoms with E-state index >= 15 is 0 Å². The Labute approximate surface area is 262 Å². The number of rotatable bonds is 6. The lowest BCUT2D eigenvalue weighted by molar-refractivity contribution is -0.139. The molecule has 8 nitrogen and oxygen atoms in total. The molecular formula is C35H44N4O4S. The normalized spacial score (nSPS) is 24.3. The van der Waals surface area contributed by atoms with Crippen molar-refractivity contribution in [2.45, 2.75) is 76.0 Å². The Kier molecular flexibility index (Phi) is 7.60. The third-order valence-electron chi connectivity index (χ3n) is 10.6. The minimum Gasteiger partial charge on any atom is -0.497 e. The van der Waals surface area contributed by atoms with E-state index in [0.717, 1.165) is 62.1 Å². The highest BCUT2D eigenvalue weighted by atomic mass is 32.2. The van der Waals surface area contributed by atoms with Crippen LogP contribution in [0.1, 0.15) is 85.7 Å². The molecule has 0 spiro atoms. The van der Waals surface area contributed by atoms with Crippen LogP contribution >= 0.6 is 0 Å². The second kappa shape index (κ2) is 11.3. The van der Waals surface area contributed by atoms with E-state index in [1.54, 1.807) is 7.11 Å². The van der Waals surface area contributed by atoms with Crippen molar-refractivity contribution in [2.75, 3.05) is 40.3 Å². The largest absolute Gasteiger partial charge is 0.497 e. The van der Waals surface area contributed by atoms with Crippen molar-refractivity contribution < 1.29 is 18.5 Å². The first-order valence-electron chi connectivity index (χ1n) is 16.3. The number of nitrogens with one attached hydrogen (secondary N) is 1. The lowest BCUT2D eigenvalue weighted by Crippen LogP contribution is -2.50. The van der Waals surface area contributed by atoms with Crippen LogP contribution in [-0.4, -0.2) is 76.0 Å². The van der Waals surface area contributed by atoms with E-state index in [9.17, 15) is 13.8 Å². The Balaban J connectivity index is 1.42. The van der Waals surface area contributed by atoms with Crippen LogP contribution in [-0.2, 0) is 22.3 Å². The van der Waals surface area contributed by atoms with Crippen LogP contribution in [0.3, 0.4) is 0 Å². The number of likely N-dealkylation sites (N-methyl/N-ethyl adjacent to an activating group) is 1. The van der Waals surface area contributed by atoms with Crippen LogP contribution in [0, 0.1) is 5.41 Å². The molecule has 4 aliphatic rings. The van der Waals surface area contributed by atoms with Gasteiger partial charge in [-0.25, -0.2) is 4.21 Å². The quantitative estimate of drug-likeness (QED) is 0.400. The minimum absolute atomic E-state index is 0.119. The lowest BCUT2D eigenvalue weighted by Gasteiger charge is -2.35. The molecule has 2 aliphatic heterocycles. The van der Waals surface area contributed by atoms with Gasteiger partial charge in [0.1, 0.15) is 16.7 Å². The van der Waals surface area contributed by atoms with E-state index in [-0.39, 0.29) is 23.0 Å². The second-order valence-electron chi connectivity index (χ2n) is 13.7. The number of carbonyl (C=O) groups is 2. The van der Waals surface area contributed by atoms with Crippen LogP contribution < -0.4 is 9.46 Å². The fourth-order valence-corrected chi connectivity index (χ4v) is 8.55. The average molecular weight is 617 g/mol. The molecule has 2 amide bonds. The van der Waals surface area contributed by atoms with Crippen molar-refractivity contribution in [3.63, 3.8) is 0 Å². The van der Waals surface area contributed by atoms with Crippen molar-refractivity contribution >= 4 is 33.7 Å². The first kappa shape index (κ1) is 29.5. The average Bonchev–Trinajstić information content (AvgIpc) is 3.71. The van der Waals surface area contributed by atoms with Gasteiger partial charge in [0.2, 0.25) is 5.91 Å². The highest BCUT2D eigenvalue weighted by Crippen LogP contribution is 2.66. The van der Waals surface area contributed by atoms with Crippen molar-refractivity contribution in [3.8, 4) is 17.0 Å². The molecule has 234 valence electrons. The summed E-state index contributed by atoms with van der Waals surface area (Å²) < 4.78 is 23.3. The standard InChI is InChI=1S/C35H44N4O4S/c1-22(2)44(42)36-33(40)24-10-12-27-30(18-24)39-21-35(34(41)38-16-14-37(3)15-17-38)20-29(35)28-19-25(43-4)11-13-26(28)32(39)31(27)23-8-6-5-7-9-23/h10-13,18-19,22-23,29H,5-9,14-17,20-21H2,1-4H3,(H,36,40). The fraction of sp³-hybridized carbons (Fsp3) is 0.543. The van der Waals surface area contributed by atoms with Gasteiger partial charge >= 0.3 is 0 Å². The van der Waals surface area contributed by atoms with Crippen molar-refractivity contribution in [1.29, 1.82) is 0 Å². The SMILES string of the molecule is COc1ccc2c(c1)C1CC1(C(=O)N1CCN(C)CC1)Cn1c-2c(C2CCCCC2)c2ccc(C(=O)NS(=O)C(C)C)cc21. The number of ether oxygens (including phenoxy) is 1. The van der Waals surface area contributed by atoms with E-state index in [0.29, 0.717) is 18.0 Å². The fourth-order valence-electron chi connectivity index (χ4n) is 8.01. The van der Waals surface area contributed by atoms with Gasteiger partial charge in [0.15, 0.2) is 0 Å². The van der Waals surface area contributed by atoms with Crippen LogP contribution in [0.2, 0.25) is 0 Å². The maximum atomic E-state index is 14.5. The van der Waals surface area contributed by atoms with Gasteiger partial charge in [-0.2, -0.15) is 0 Å². The molecule has 3 fully saturated rings. The number of methoxy groups -OCH3 is 1. The highest BCUT2D eigenvalue weighted by Gasteiger charge is 2.64. The van der Waals surface area contributed by atoms with Crippen LogP contribution in [0.4, 0.5) is 0 Å². The zero-order valence-corrected chi connectivity index (χ0v) is 27.2. The molecule has 3 heterocycles. The second-order valence-corrected chi connectivity index (χ2v) is 15.4. The molecular weight excluding hydrogens is 572 g/mol. The first-order chi connectivity index (χ1) is 21.2. The van der Waals surface area contributed by atoms with Crippen LogP contribution in [0.5, 0.6) is 5.75 Å². The molecule has 1 saturated heterocycles. The van der Waals surface area contributed by atoms with Gasteiger partial charge in [0.25, 0.3) is 5.91 Å². The summed E-state index contributed by atoms with van der Waals surface area (Å²) in [7, 11) is 2.36. The van der Waals surface area contributed by atoms with Gasteiger partial charge in [0.05, 0.1) is 18.2 Å². The number of benzene rings is 2. The van der Waals surface area contributed by atoms with Crippen molar-refractivity contribution in [1.82, 2.24) is 19.1 Å². The topological polar surface area (TPSA) is 83.9 Å². The molecule has 1 N–H and O–H groups in total. The summed E-state index contributed by atoms with van der Waals surface area (Å²) in [6, 6.07) is 12.3. The predicted octanol–water partition coefficient (Wildman–Crippen LogP) is 5.43. The van der Waals surface area contributed by atoms with Crippen LogP contribution in [0.25, 0.3) is 22.2 Å². The number of amides is 2. The minimum atomic E-state index is -1.46. The summed E-state index contributed by atoms with van der Waals surface area (Å²) in [5, 5.41) is 0.988. The first-order valence-corrected chi connectivity index (χ1v) is 17.5. The summed E-state index contributed by atoms with van der Waals surface area (Å²) in [6.45, 7) is 7.52. The highest BCUT2D eigenvalue weighted by molar-refractivity contribution is 7.84. The molecule has 2 saturated carbocycles. The summed E-state index contributed by atoms with van der Waals surface area (Å²) in [4.78, 5) is 32.2. The monoisotopic (exact) mass is 616 g/mol. The Morgan fingerprint density at radius 3 is 2.48 bits per heavy atom. The lowest BCUT2D eigenvalue weighted by atomic mass is 9.81. The third-order valence-corrected chi connectivity index (χ3v) is 11.9. The summed E-state index contributed by atoms with van der Waals surface area (Å²) >= 11 is 0. The zero-order valence-electron chi connectivity index (χ0n) is 26.4. The number of fused-ring (bicyclic) bond motifs is 7. The van der Waals surface area contributed by atoms with E-state index in [2.05, 4.69) is 44.3 Å². The van der Waals surface area contributed by atoms with Gasteiger partial charge in [-0.05, 0) is 87.5 Å². The van der Waals surface area contributed by atoms with Gasteiger partial charge in [-0.1, -0.05) is 25.3 Å². The van der Waals surface area contributed by atoms with Gasteiger partial charge < -0.3 is 19.1 Å². The van der Waals surface area contributed by atoms with E-state index in [4.69, 9.17) is 4.74 Å². The van der Waals surface area contributed by atoms with Gasteiger partial charge in [0, 0.05) is 65.9 Å². The Morgan fingerprint density at radius 1 is 1.02 bits per heavy atom. The molecule has 3 unspecified atom stereocenters. The maximum Gasteiger partial charge on any atom is 0.263 e. The zero-order chi connectivity index (χ0) is 30.7. The molecule has 0 bridgehead atoms. The number of aromatic nitrogens is 1. The third kappa shape index (κ3) is 4.87. The van der Waals surface area contributed by atoms with Gasteiger partial charge in [-0.15, -0.1) is 0 Å². The molecule has 3 aromatic rings. The van der Waals surface area contributed by atoms with Crippen molar-refractivity contribution in [2.24, 2.45) is 5.41 Å². The number of piperazine rings is 1.